The maximum atomic E-state index is 12.0. The van der Waals surface area contributed by atoms with Gasteiger partial charge in [0, 0.05) is 29.6 Å². The van der Waals surface area contributed by atoms with Crippen molar-refractivity contribution in [2.24, 2.45) is 22.7 Å². The molecule has 6 heteroatoms. The van der Waals surface area contributed by atoms with Crippen LogP contribution >= 0.6 is 0 Å². The smallest absolute Gasteiger partial charge is 0.305 e. The Hall–Kier alpha value is -1.37. The normalized spacial score (nSPS) is 42.8. The van der Waals surface area contributed by atoms with Crippen LogP contribution in [0.2, 0.25) is 0 Å². The quantitative estimate of drug-likeness (QED) is 0.197. The predicted octanol–water partition coefficient (Wildman–Crippen LogP) is 4.86. The van der Waals surface area contributed by atoms with E-state index in [0.29, 0.717) is 18.8 Å². The fourth-order valence-corrected chi connectivity index (χ4v) is 6.76. The number of allylic oxidation sites excluding steroid dienone is 1. The van der Waals surface area contributed by atoms with Gasteiger partial charge in [-0.25, -0.2) is 0 Å². The molecular weight excluding hydrogens is 408 g/mol. The lowest BCUT2D eigenvalue weighted by Crippen LogP contribution is -2.61. The zero-order chi connectivity index (χ0) is 23.1. The number of carbonyl (C=O) groups excluding carboxylic acids is 1. The molecule has 4 rings (SSSR count). The largest absolute Gasteiger partial charge is 0.462 e. The monoisotopic (exact) mass is 448 g/mol. The van der Waals surface area contributed by atoms with E-state index in [0.717, 1.165) is 44.9 Å². The number of ether oxygens (including phenoxy) is 2. The van der Waals surface area contributed by atoms with E-state index in [-0.39, 0.29) is 46.9 Å². The molecule has 0 bridgehead atoms. The Labute approximate surface area is 192 Å². The Morgan fingerprint density at radius 3 is 2.78 bits per heavy atom. The molecule has 6 nitrogen and oxygen atoms in total. The van der Waals surface area contributed by atoms with E-state index in [9.17, 15) is 9.90 Å². The van der Waals surface area contributed by atoms with Gasteiger partial charge >= 0.3 is 5.97 Å². The Balaban J connectivity index is 1.49. The molecule has 2 saturated carbocycles. The molecule has 1 N–H and O–H groups in total. The van der Waals surface area contributed by atoms with Crippen LogP contribution in [0.25, 0.3) is 0 Å². The highest BCUT2D eigenvalue weighted by molar-refractivity contribution is 5.69. The van der Waals surface area contributed by atoms with Crippen molar-refractivity contribution in [1.82, 2.24) is 0 Å². The minimum absolute atomic E-state index is 0.0193. The van der Waals surface area contributed by atoms with Crippen LogP contribution in [0.3, 0.4) is 0 Å². The SMILES string of the molecule is C=C(CCC)OO[C@H]1CC[C@@]2(C)C(=CC(O)C3C4CCC(OC(=O)CC)[C@@]4(C)COC32)C1. The Morgan fingerprint density at radius 2 is 2.06 bits per heavy atom. The van der Waals surface area contributed by atoms with E-state index in [4.69, 9.17) is 19.2 Å². The topological polar surface area (TPSA) is 74.2 Å². The van der Waals surface area contributed by atoms with Crippen molar-refractivity contribution in [3.63, 3.8) is 0 Å². The second kappa shape index (κ2) is 9.11. The van der Waals surface area contributed by atoms with Gasteiger partial charge in [-0.05, 0) is 44.4 Å². The third kappa shape index (κ3) is 4.03. The maximum absolute atomic E-state index is 12.0. The summed E-state index contributed by atoms with van der Waals surface area (Å²) in [6.07, 6.45) is 7.77. The summed E-state index contributed by atoms with van der Waals surface area (Å²) >= 11 is 0. The highest BCUT2D eigenvalue weighted by Crippen LogP contribution is 2.61. The maximum Gasteiger partial charge on any atom is 0.305 e. The molecule has 5 unspecified atom stereocenters. The zero-order valence-corrected chi connectivity index (χ0v) is 20.1. The average molecular weight is 449 g/mol. The van der Waals surface area contributed by atoms with Crippen LogP contribution < -0.4 is 0 Å². The summed E-state index contributed by atoms with van der Waals surface area (Å²) in [5, 5.41) is 11.3. The number of aliphatic hydroxyl groups excluding tert-OH is 1. The van der Waals surface area contributed by atoms with Crippen molar-refractivity contribution in [1.29, 1.82) is 0 Å². The number of esters is 1. The highest BCUT2D eigenvalue weighted by atomic mass is 17.2. The molecule has 1 saturated heterocycles. The van der Waals surface area contributed by atoms with E-state index in [1.165, 1.54) is 5.57 Å². The van der Waals surface area contributed by atoms with Crippen LogP contribution in [-0.2, 0) is 24.0 Å². The van der Waals surface area contributed by atoms with Gasteiger partial charge in [-0.3, -0.25) is 4.79 Å². The van der Waals surface area contributed by atoms with Gasteiger partial charge in [-0.2, -0.15) is 4.89 Å². The number of carbonyl (C=O) groups is 1. The van der Waals surface area contributed by atoms with E-state index in [1.54, 1.807) is 0 Å². The van der Waals surface area contributed by atoms with Crippen molar-refractivity contribution < 1.29 is 29.1 Å². The molecule has 3 fully saturated rings. The summed E-state index contributed by atoms with van der Waals surface area (Å²) in [5.41, 5.74) is 0.842. The third-order valence-electron chi connectivity index (χ3n) is 8.66. The summed E-state index contributed by atoms with van der Waals surface area (Å²) in [7, 11) is 0. The van der Waals surface area contributed by atoms with Crippen LogP contribution in [0.1, 0.15) is 79.1 Å². The third-order valence-corrected chi connectivity index (χ3v) is 8.66. The van der Waals surface area contributed by atoms with Crippen LogP contribution in [0, 0.1) is 22.7 Å². The van der Waals surface area contributed by atoms with Crippen molar-refractivity contribution in [3.8, 4) is 0 Å². The lowest BCUT2D eigenvalue weighted by atomic mass is 9.54. The highest BCUT2D eigenvalue weighted by Gasteiger charge is 2.62. The Morgan fingerprint density at radius 1 is 1.28 bits per heavy atom. The van der Waals surface area contributed by atoms with E-state index >= 15 is 0 Å². The van der Waals surface area contributed by atoms with Gasteiger partial charge < -0.3 is 19.5 Å². The molecule has 0 aromatic carbocycles. The van der Waals surface area contributed by atoms with E-state index < -0.39 is 6.10 Å². The van der Waals surface area contributed by atoms with Gasteiger partial charge in [-0.1, -0.05) is 45.9 Å². The van der Waals surface area contributed by atoms with Crippen molar-refractivity contribution >= 4 is 5.97 Å². The summed E-state index contributed by atoms with van der Waals surface area (Å²) < 4.78 is 12.4. The lowest BCUT2D eigenvalue weighted by molar-refractivity contribution is -0.303. The molecule has 0 amide bonds. The van der Waals surface area contributed by atoms with Crippen LogP contribution in [0.5, 0.6) is 0 Å². The second-order valence-electron chi connectivity index (χ2n) is 10.8. The summed E-state index contributed by atoms with van der Waals surface area (Å²) in [6.45, 7) is 12.8. The minimum Gasteiger partial charge on any atom is -0.462 e. The minimum atomic E-state index is -0.567. The van der Waals surface area contributed by atoms with Crippen LogP contribution in [-0.4, -0.2) is 42.1 Å². The summed E-state index contributed by atoms with van der Waals surface area (Å²) in [5.74, 6) is 0.800. The fraction of sp³-hybridized carbons (Fsp3) is 0.808. The summed E-state index contributed by atoms with van der Waals surface area (Å²) in [6, 6.07) is 0. The number of hydrogen-bond acceptors (Lipinski definition) is 6. The molecule has 8 atom stereocenters. The molecular formula is C26H40O6. The zero-order valence-electron chi connectivity index (χ0n) is 20.1. The molecule has 3 aliphatic carbocycles. The summed E-state index contributed by atoms with van der Waals surface area (Å²) in [4.78, 5) is 23.1. The Kier molecular flexibility index (Phi) is 6.77. The van der Waals surface area contributed by atoms with Crippen LogP contribution in [0.4, 0.5) is 0 Å². The molecule has 180 valence electrons. The molecule has 0 radical (unpaired) electrons. The first-order chi connectivity index (χ1) is 15.2. The van der Waals surface area contributed by atoms with Gasteiger partial charge in [0.05, 0.1) is 18.8 Å². The van der Waals surface area contributed by atoms with Gasteiger partial charge in [-0.15, -0.1) is 0 Å². The standard InChI is InChI=1S/C26H40O6/c1-6-8-16(3)31-32-18-11-12-25(4)17(13-18)14-20(27)23-19-9-10-21(30-22(28)7-2)26(19,5)15-29-24(23)25/h14,18-21,23-24,27H,3,6-13,15H2,1-2,4-5H3/t18-,19?,20?,21?,23?,24?,25-,26-/m0/s1. The molecule has 0 spiro atoms. The first kappa shape index (κ1) is 23.8. The van der Waals surface area contributed by atoms with Gasteiger partial charge in [0.15, 0.2) is 0 Å². The van der Waals surface area contributed by atoms with Crippen molar-refractivity contribution in [3.05, 3.63) is 24.0 Å². The molecule has 1 heterocycles. The molecule has 0 aromatic rings. The van der Waals surface area contributed by atoms with Crippen LogP contribution in [0.15, 0.2) is 24.0 Å². The fourth-order valence-electron chi connectivity index (χ4n) is 6.76. The van der Waals surface area contributed by atoms with Gasteiger partial charge in [0.2, 0.25) is 0 Å². The van der Waals surface area contributed by atoms with Gasteiger partial charge in [0.25, 0.3) is 0 Å². The van der Waals surface area contributed by atoms with E-state index in [1.807, 2.05) is 6.92 Å². The van der Waals surface area contributed by atoms with Crippen molar-refractivity contribution in [2.75, 3.05) is 6.61 Å². The number of fused-ring (bicyclic) bond motifs is 5. The van der Waals surface area contributed by atoms with Gasteiger partial charge in [0.1, 0.15) is 18.0 Å². The number of aliphatic hydroxyl groups is 1. The molecule has 1 aliphatic heterocycles. The first-order valence-corrected chi connectivity index (χ1v) is 12.4. The predicted molar refractivity (Wildman–Crippen MR) is 120 cm³/mol. The molecule has 0 aromatic heterocycles. The second-order valence-corrected chi connectivity index (χ2v) is 10.8. The number of rotatable bonds is 7. The number of hydrogen-bond donors (Lipinski definition) is 1. The van der Waals surface area contributed by atoms with E-state index in [2.05, 4.69) is 33.4 Å². The molecule has 32 heavy (non-hydrogen) atoms. The lowest BCUT2D eigenvalue weighted by Gasteiger charge is -2.58. The first-order valence-electron chi connectivity index (χ1n) is 12.4. The molecule has 4 aliphatic rings. The Bertz CT molecular complexity index is 761. The van der Waals surface area contributed by atoms with Crippen molar-refractivity contribution in [2.45, 2.75) is 103 Å². The average Bonchev–Trinajstić information content (AvgIpc) is 3.09.